The summed E-state index contributed by atoms with van der Waals surface area (Å²) >= 11 is 0. The summed E-state index contributed by atoms with van der Waals surface area (Å²) in [6, 6.07) is 0. The summed E-state index contributed by atoms with van der Waals surface area (Å²) in [5.41, 5.74) is 0. The summed E-state index contributed by atoms with van der Waals surface area (Å²) in [6.45, 7) is 2.65. The van der Waals surface area contributed by atoms with Crippen LogP contribution in [0.5, 0.6) is 0 Å². The second kappa shape index (κ2) is 10.4. The van der Waals surface area contributed by atoms with Gasteiger partial charge in [0.2, 0.25) is 0 Å². The molecule has 0 radical (unpaired) electrons. The van der Waals surface area contributed by atoms with Crippen molar-refractivity contribution in [3.8, 4) is 0 Å². The summed E-state index contributed by atoms with van der Waals surface area (Å²) in [5.74, 6) is 0. The lowest BCUT2D eigenvalue weighted by Gasteiger charge is -2.41. The quantitative estimate of drug-likeness (QED) is 0.472. The Kier molecular flexibility index (Phi) is 9.28. The van der Waals surface area contributed by atoms with E-state index in [0.29, 0.717) is 6.61 Å². The highest BCUT2D eigenvalue weighted by atomic mass is 16.6. The molecular formula is C13H26O7. The van der Waals surface area contributed by atoms with Crippen molar-refractivity contribution in [2.45, 2.75) is 37.8 Å². The van der Waals surface area contributed by atoms with Crippen molar-refractivity contribution in [1.29, 1.82) is 0 Å². The number of hydrogen-bond donors (Lipinski definition) is 3. The molecule has 3 N–H and O–H groups in total. The average Bonchev–Trinajstić information content (AvgIpc) is 2.48. The third-order valence-corrected chi connectivity index (χ3v) is 3.16. The number of rotatable bonds is 10. The Hall–Kier alpha value is -0.280. The molecule has 4 unspecified atom stereocenters. The zero-order valence-electron chi connectivity index (χ0n) is 11.9. The number of ether oxygens (including phenoxy) is 4. The Morgan fingerprint density at radius 1 is 0.900 bits per heavy atom. The molecule has 1 fully saturated rings. The molecule has 20 heavy (non-hydrogen) atoms. The molecule has 1 rings (SSSR count). The molecule has 4 atom stereocenters. The van der Waals surface area contributed by atoms with Crippen LogP contribution in [-0.2, 0) is 18.9 Å². The first kappa shape index (κ1) is 17.8. The third-order valence-electron chi connectivity index (χ3n) is 3.16. The first-order chi connectivity index (χ1) is 9.78. The van der Waals surface area contributed by atoms with Gasteiger partial charge in [0, 0.05) is 0 Å². The fourth-order valence-corrected chi connectivity index (χ4v) is 2.31. The van der Waals surface area contributed by atoms with E-state index in [4.69, 9.17) is 34.3 Å². The number of aliphatic hydroxyl groups is 3. The van der Waals surface area contributed by atoms with Gasteiger partial charge in [-0.15, -0.1) is 0 Å². The van der Waals surface area contributed by atoms with Crippen LogP contribution in [0.15, 0.2) is 0 Å². The molecule has 1 aliphatic rings. The van der Waals surface area contributed by atoms with Crippen molar-refractivity contribution in [2.24, 2.45) is 0 Å². The molecule has 7 nitrogen and oxygen atoms in total. The van der Waals surface area contributed by atoms with Gasteiger partial charge in [0.25, 0.3) is 0 Å². The predicted molar refractivity (Wildman–Crippen MR) is 70.5 cm³/mol. The van der Waals surface area contributed by atoms with Crippen molar-refractivity contribution in [3.05, 3.63) is 0 Å². The molecule has 1 aliphatic heterocycles. The molecule has 0 spiro atoms. The van der Waals surface area contributed by atoms with Crippen LogP contribution in [0.1, 0.15) is 13.3 Å². The Morgan fingerprint density at radius 3 is 2.00 bits per heavy atom. The molecule has 0 bridgehead atoms. The molecule has 0 aromatic carbocycles. The Balaban J connectivity index is 2.70. The normalized spacial score (nSPS) is 30.6. The maximum atomic E-state index is 8.93. The third kappa shape index (κ3) is 5.25. The van der Waals surface area contributed by atoms with Crippen LogP contribution in [0.3, 0.4) is 0 Å². The van der Waals surface area contributed by atoms with Crippen molar-refractivity contribution in [2.75, 3.05) is 46.2 Å². The van der Waals surface area contributed by atoms with Gasteiger partial charge < -0.3 is 34.3 Å². The molecule has 7 heteroatoms. The Morgan fingerprint density at radius 2 is 1.45 bits per heavy atom. The van der Waals surface area contributed by atoms with E-state index in [1.165, 1.54) is 0 Å². The second-order valence-electron chi connectivity index (χ2n) is 4.53. The van der Waals surface area contributed by atoms with Crippen molar-refractivity contribution in [1.82, 2.24) is 0 Å². The van der Waals surface area contributed by atoms with Crippen LogP contribution in [0.25, 0.3) is 0 Å². The summed E-state index contributed by atoms with van der Waals surface area (Å²) in [7, 11) is 0. The minimum Gasteiger partial charge on any atom is -0.394 e. The average molecular weight is 294 g/mol. The summed E-state index contributed by atoms with van der Waals surface area (Å²) in [4.78, 5) is 0. The standard InChI is InChI=1S/C13H26O7/c1-2-10-12(18-7-4-15)13(19-8-5-16)11(9-20-10)17-6-3-14/h10-16H,2-9H2,1H3. The molecule has 0 aliphatic carbocycles. The van der Waals surface area contributed by atoms with E-state index in [1.54, 1.807) is 0 Å². The lowest BCUT2D eigenvalue weighted by atomic mass is 9.97. The minimum absolute atomic E-state index is 0.0808. The van der Waals surface area contributed by atoms with E-state index in [9.17, 15) is 0 Å². The minimum atomic E-state index is -0.390. The Bertz CT molecular complexity index is 239. The fourth-order valence-electron chi connectivity index (χ4n) is 2.31. The first-order valence-corrected chi connectivity index (χ1v) is 7.07. The van der Waals surface area contributed by atoms with Crippen LogP contribution < -0.4 is 0 Å². The molecule has 1 saturated heterocycles. The molecule has 120 valence electrons. The van der Waals surface area contributed by atoms with Gasteiger partial charge in [-0.05, 0) is 6.42 Å². The van der Waals surface area contributed by atoms with Gasteiger partial charge in [-0.2, -0.15) is 0 Å². The van der Waals surface area contributed by atoms with Crippen molar-refractivity contribution < 1.29 is 34.3 Å². The molecule has 1 heterocycles. The van der Waals surface area contributed by atoms with Gasteiger partial charge in [0.05, 0.1) is 52.4 Å². The van der Waals surface area contributed by atoms with Crippen molar-refractivity contribution >= 4 is 0 Å². The smallest absolute Gasteiger partial charge is 0.115 e. The van der Waals surface area contributed by atoms with Crippen LogP contribution in [0, 0.1) is 0 Å². The topological polar surface area (TPSA) is 97.6 Å². The summed E-state index contributed by atoms with van der Waals surface area (Å²) in [5, 5.41) is 26.7. The SMILES string of the molecule is CCC1OCC(OCCO)C(OCCO)C1OCCO. The van der Waals surface area contributed by atoms with Crippen molar-refractivity contribution in [3.63, 3.8) is 0 Å². The predicted octanol–water partition coefficient (Wildman–Crippen LogP) is -1.07. The molecule has 0 aromatic heterocycles. The lowest BCUT2D eigenvalue weighted by molar-refractivity contribution is -0.234. The summed E-state index contributed by atoms with van der Waals surface area (Å²) in [6.07, 6.45) is -0.503. The van der Waals surface area contributed by atoms with E-state index in [1.807, 2.05) is 6.92 Å². The van der Waals surface area contributed by atoms with E-state index < -0.39 is 0 Å². The first-order valence-electron chi connectivity index (χ1n) is 7.07. The van der Waals surface area contributed by atoms with E-state index >= 15 is 0 Å². The maximum absolute atomic E-state index is 8.93. The highest BCUT2D eigenvalue weighted by Gasteiger charge is 2.41. The van der Waals surface area contributed by atoms with Crippen LogP contribution in [-0.4, -0.2) is 86.0 Å². The second-order valence-corrected chi connectivity index (χ2v) is 4.53. The van der Waals surface area contributed by atoms with E-state index in [2.05, 4.69) is 0 Å². The monoisotopic (exact) mass is 294 g/mol. The fraction of sp³-hybridized carbons (Fsp3) is 1.00. The zero-order valence-corrected chi connectivity index (χ0v) is 11.9. The van der Waals surface area contributed by atoms with Gasteiger partial charge in [0.1, 0.15) is 18.3 Å². The summed E-state index contributed by atoms with van der Waals surface area (Å²) < 4.78 is 22.5. The van der Waals surface area contributed by atoms with Crippen LogP contribution >= 0.6 is 0 Å². The van der Waals surface area contributed by atoms with Crippen LogP contribution in [0.4, 0.5) is 0 Å². The molecule has 0 aromatic rings. The maximum Gasteiger partial charge on any atom is 0.115 e. The lowest BCUT2D eigenvalue weighted by Crippen LogP contribution is -2.56. The number of hydrogen-bond acceptors (Lipinski definition) is 7. The van der Waals surface area contributed by atoms with Gasteiger partial charge in [-0.1, -0.05) is 6.92 Å². The highest BCUT2D eigenvalue weighted by molar-refractivity contribution is 4.90. The van der Waals surface area contributed by atoms with Gasteiger partial charge in [0.15, 0.2) is 0 Å². The Labute approximate surface area is 119 Å². The van der Waals surface area contributed by atoms with Gasteiger partial charge in [-0.3, -0.25) is 0 Å². The zero-order chi connectivity index (χ0) is 14.8. The highest BCUT2D eigenvalue weighted by Crippen LogP contribution is 2.25. The van der Waals surface area contributed by atoms with E-state index in [0.717, 1.165) is 6.42 Å². The molecule has 0 amide bonds. The van der Waals surface area contributed by atoms with Gasteiger partial charge in [-0.25, -0.2) is 0 Å². The van der Waals surface area contributed by atoms with E-state index in [-0.39, 0.29) is 64.1 Å². The van der Waals surface area contributed by atoms with Crippen LogP contribution in [0.2, 0.25) is 0 Å². The molecule has 0 saturated carbocycles. The largest absolute Gasteiger partial charge is 0.394 e. The number of aliphatic hydroxyl groups excluding tert-OH is 3. The van der Waals surface area contributed by atoms with Gasteiger partial charge >= 0.3 is 0 Å². The molecular weight excluding hydrogens is 268 g/mol.